The van der Waals surface area contributed by atoms with Crippen LogP contribution in [0.4, 0.5) is 0 Å². The van der Waals surface area contributed by atoms with Crippen molar-refractivity contribution in [3.8, 4) is 11.5 Å². The second-order valence-corrected chi connectivity index (χ2v) is 8.78. The van der Waals surface area contributed by atoms with E-state index in [1.54, 1.807) is 24.9 Å². The van der Waals surface area contributed by atoms with Crippen LogP contribution in [0.5, 0.6) is 11.5 Å². The van der Waals surface area contributed by atoms with Crippen molar-refractivity contribution < 1.29 is 23.8 Å². The molecule has 1 atom stereocenters. The van der Waals surface area contributed by atoms with E-state index in [1.807, 2.05) is 24.3 Å². The highest BCUT2D eigenvalue weighted by molar-refractivity contribution is 7.99. The number of hydrogen-bond acceptors (Lipinski definition) is 6. The Morgan fingerprint density at radius 1 is 1.03 bits per heavy atom. The molecule has 0 aliphatic heterocycles. The Hall–Kier alpha value is -1.63. The summed E-state index contributed by atoms with van der Waals surface area (Å²) < 4.78 is 20.2. The van der Waals surface area contributed by atoms with Gasteiger partial charge in [0.25, 0.3) is 0 Å². The minimum Gasteiger partial charge on any atom is -0.507 e. The van der Waals surface area contributed by atoms with E-state index in [2.05, 4.69) is 22.0 Å². The van der Waals surface area contributed by atoms with Crippen LogP contribution in [0.25, 0.3) is 0 Å². The summed E-state index contributed by atoms with van der Waals surface area (Å²) in [7, 11) is -0.832. The number of thioether (sulfide) groups is 1. The molecule has 2 rings (SSSR count). The fourth-order valence-electron chi connectivity index (χ4n) is 2.95. The lowest BCUT2D eigenvalue weighted by Crippen LogP contribution is -2.15. The SMILES string of the molecule is COc1ccc(CCCCCSc2ccc(CNCCCO[P+](=O)O)cc2O)cc1. The fourth-order valence-corrected chi connectivity index (χ4v) is 4.17. The van der Waals surface area contributed by atoms with Crippen molar-refractivity contribution in [1.29, 1.82) is 0 Å². The van der Waals surface area contributed by atoms with Crippen molar-refractivity contribution in [2.75, 3.05) is 26.0 Å². The monoisotopic (exact) mass is 452 g/mol. The smallest absolute Gasteiger partial charge is 0.507 e. The third-order valence-electron chi connectivity index (χ3n) is 4.58. The number of methoxy groups -OCH3 is 1. The minimum atomic E-state index is -2.51. The van der Waals surface area contributed by atoms with Gasteiger partial charge in [-0.05, 0) is 73.4 Å². The zero-order chi connectivity index (χ0) is 21.6. The zero-order valence-electron chi connectivity index (χ0n) is 17.4. The summed E-state index contributed by atoms with van der Waals surface area (Å²) in [6.07, 6.45) is 5.16. The lowest BCUT2D eigenvalue weighted by atomic mass is 10.1. The van der Waals surface area contributed by atoms with Crippen LogP contribution >= 0.6 is 20.0 Å². The van der Waals surface area contributed by atoms with Gasteiger partial charge in [0.15, 0.2) is 0 Å². The molecule has 0 fully saturated rings. The van der Waals surface area contributed by atoms with Crippen LogP contribution in [0.3, 0.4) is 0 Å². The van der Waals surface area contributed by atoms with Gasteiger partial charge >= 0.3 is 8.25 Å². The number of benzene rings is 2. The summed E-state index contributed by atoms with van der Waals surface area (Å²) in [6.45, 7) is 1.56. The molecule has 0 heterocycles. The lowest BCUT2D eigenvalue weighted by Gasteiger charge is -2.08. The summed E-state index contributed by atoms with van der Waals surface area (Å²) in [6, 6.07) is 14.0. The first kappa shape index (κ1) is 24.6. The van der Waals surface area contributed by atoms with E-state index in [0.29, 0.717) is 25.3 Å². The molecule has 2 aromatic rings. The Morgan fingerprint density at radius 2 is 1.80 bits per heavy atom. The molecule has 0 bridgehead atoms. The van der Waals surface area contributed by atoms with Crippen molar-refractivity contribution in [2.24, 2.45) is 0 Å². The summed E-state index contributed by atoms with van der Waals surface area (Å²) in [5.74, 6) is 2.20. The molecule has 1 unspecified atom stereocenters. The van der Waals surface area contributed by atoms with Crippen molar-refractivity contribution in [3.05, 3.63) is 53.6 Å². The second kappa shape index (κ2) is 14.4. The highest BCUT2D eigenvalue weighted by Crippen LogP contribution is 2.30. The standard InChI is InChI=1S/C22H30NO5PS/c1-27-20-10-7-18(8-11-20)6-3-2-4-15-30-22-12-9-19(16-21(22)24)17-23-13-5-14-28-29(25)26/h7-12,16,23H,2-6,13-15,17H2,1H3,(H-,24,25,26)/p+1. The Bertz CT molecular complexity index is 773. The molecule has 0 saturated heterocycles. The molecule has 164 valence electrons. The molecule has 0 aliphatic carbocycles. The highest BCUT2D eigenvalue weighted by atomic mass is 32.2. The summed E-state index contributed by atoms with van der Waals surface area (Å²) in [5, 5.41) is 13.5. The molecule has 0 spiro atoms. The van der Waals surface area contributed by atoms with Crippen molar-refractivity contribution >= 4 is 20.0 Å². The quantitative estimate of drug-likeness (QED) is 0.198. The first-order valence-electron chi connectivity index (χ1n) is 10.2. The van der Waals surface area contributed by atoms with Gasteiger partial charge in [-0.3, -0.25) is 0 Å². The van der Waals surface area contributed by atoms with Gasteiger partial charge in [-0.25, -0.2) is 0 Å². The number of ether oxygens (including phenoxy) is 1. The number of aryl methyl sites for hydroxylation is 1. The number of hydrogen-bond donors (Lipinski definition) is 3. The lowest BCUT2D eigenvalue weighted by molar-refractivity contribution is 0.276. The Labute approximate surface area is 184 Å². The number of rotatable bonds is 15. The molecular formula is C22H31NO5PS+. The van der Waals surface area contributed by atoms with Crippen LogP contribution in [0, 0.1) is 0 Å². The predicted octanol–water partition coefficient (Wildman–Crippen LogP) is 5.05. The van der Waals surface area contributed by atoms with Crippen LogP contribution < -0.4 is 10.1 Å². The van der Waals surface area contributed by atoms with Crippen molar-refractivity contribution in [3.63, 3.8) is 0 Å². The van der Waals surface area contributed by atoms with Crippen LogP contribution in [0.2, 0.25) is 0 Å². The molecule has 0 saturated carbocycles. The molecule has 0 amide bonds. The van der Waals surface area contributed by atoms with E-state index in [-0.39, 0.29) is 6.61 Å². The van der Waals surface area contributed by atoms with Gasteiger partial charge in [0, 0.05) is 16.0 Å². The predicted molar refractivity (Wildman–Crippen MR) is 121 cm³/mol. The van der Waals surface area contributed by atoms with E-state index < -0.39 is 8.25 Å². The average Bonchev–Trinajstić information content (AvgIpc) is 2.74. The van der Waals surface area contributed by atoms with Crippen LogP contribution in [-0.4, -0.2) is 36.0 Å². The third kappa shape index (κ3) is 9.92. The molecule has 8 heteroatoms. The third-order valence-corrected chi connectivity index (χ3v) is 6.13. The van der Waals surface area contributed by atoms with Crippen molar-refractivity contribution in [1.82, 2.24) is 5.32 Å². The largest absolute Gasteiger partial charge is 0.694 e. The van der Waals surface area contributed by atoms with Crippen LogP contribution in [-0.2, 0) is 22.1 Å². The molecule has 0 radical (unpaired) electrons. The summed E-state index contributed by atoms with van der Waals surface area (Å²) >= 11 is 1.69. The molecular weight excluding hydrogens is 421 g/mol. The first-order valence-corrected chi connectivity index (χ1v) is 12.3. The van der Waals surface area contributed by atoms with Crippen molar-refractivity contribution in [2.45, 2.75) is 43.5 Å². The molecule has 0 aliphatic rings. The van der Waals surface area contributed by atoms with E-state index in [9.17, 15) is 9.67 Å². The van der Waals surface area contributed by atoms with E-state index in [1.165, 1.54) is 5.56 Å². The summed E-state index contributed by atoms with van der Waals surface area (Å²) in [4.78, 5) is 9.46. The van der Waals surface area contributed by atoms with Gasteiger partial charge in [-0.15, -0.1) is 21.2 Å². The molecule has 2 aromatic carbocycles. The maximum atomic E-state index is 10.4. The Balaban J connectivity index is 1.58. The second-order valence-electron chi connectivity index (χ2n) is 6.91. The summed E-state index contributed by atoms with van der Waals surface area (Å²) in [5.41, 5.74) is 2.34. The number of aromatic hydroxyl groups is 1. The highest BCUT2D eigenvalue weighted by Gasteiger charge is 2.10. The van der Waals surface area contributed by atoms with Gasteiger partial charge in [-0.1, -0.05) is 24.6 Å². The number of phenolic OH excluding ortho intramolecular Hbond substituents is 1. The number of phenols is 1. The van der Waals surface area contributed by atoms with Crippen LogP contribution in [0.15, 0.2) is 47.4 Å². The van der Waals surface area contributed by atoms with Gasteiger partial charge in [0.05, 0.1) is 7.11 Å². The van der Waals surface area contributed by atoms with Gasteiger partial charge in [-0.2, -0.15) is 0 Å². The molecule has 30 heavy (non-hydrogen) atoms. The Morgan fingerprint density at radius 3 is 2.50 bits per heavy atom. The topological polar surface area (TPSA) is 88.0 Å². The van der Waals surface area contributed by atoms with Gasteiger partial charge in [0.1, 0.15) is 18.1 Å². The number of unbranched alkanes of at least 4 members (excludes halogenated alkanes) is 2. The molecule has 3 N–H and O–H groups in total. The van der Waals surface area contributed by atoms with Gasteiger partial charge in [0.2, 0.25) is 0 Å². The minimum absolute atomic E-state index is 0.250. The normalized spacial score (nSPS) is 11.5. The van der Waals surface area contributed by atoms with E-state index >= 15 is 0 Å². The number of nitrogens with one attached hydrogen (secondary N) is 1. The maximum Gasteiger partial charge on any atom is 0.694 e. The average molecular weight is 453 g/mol. The van der Waals surface area contributed by atoms with Gasteiger partial charge < -0.3 is 15.2 Å². The first-order chi connectivity index (χ1) is 14.6. The molecule has 0 aromatic heterocycles. The Kier molecular flexibility index (Phi) is 11.8. The zero-order valence-corrected chi connectivity index (χ0v) is 19.1. The maximum absolute atomic E-state index is 10.4. The van der Waals surface area contributed by atoms with E-state index in [0.717, 1.165) is 47.6 Å². The fraction of sp³-hybridized carbons (Fsp3) is 0.455. The van der Waals surface area contributed by atoms with Crippen LogP contribution in [0.1, 0.15) is 36.8 Å². The molecule has 6 nitrogen and oxygen atoms in total. The van der Waals surface area contributed by atoms with E-state index in [4.69, 9.17) is 9.63 Å².